The summed E-state index contributed by atoms with van der Waals surface area (Å²) in [5.74, 6) is 5.06. The monoisotopic (exact) mass is 216 g/mol. The van der Waals surface area contributed by atoms with Crippen LogP contribution < -0.4 is 11.1 Å². The Morgan fingerprint density at radius 1 is 1.44 bits per heavy atom. The summed E-state index contributed by atoms with van der Waals surface area (Å²) in [5.41, 5.74) is 6.39. The molecule has 3 N–H and O–H groups in total. The van der Waals surface area contributed by atoms with Crippen molar-refractivity contribution in [1.29, 1.82) is 0 Å². The minimum Gasteiger partial charge on any atom is -0.345 e. The molecule has 0 saturated carbocycles. The second-order valence-electron chi connectivity index (χ2n) is 3.64. The van der Waals surface area contributed by atoms with Gasteiger partial charge in [-0.2, -0.15) is 0 Å². The van der Waals surface area contributed by atoms with Gasteiger partial charge in [-0.3, -0.25) is 4.79 Å². The largest absolute Gasteiger partial charge is 0.345 e. The number of benzene rings is 1. The second kappa shape index (κ2) is 6.65. The third-order valence-corrected chi connectivity index (χ3v) is 1.98. The van der Waals surface area contributed by atoms with E-state index in [4.69, 9.17) is 5.73 Å². The lowest BCUT2D eigenvalue weighted by Gasteiger charge is -2.03. The lowest BCUT2D eigenvalue weighted by molar-refractivity contribution is -0.115. The standard InChI is InChI=1S/C13H16N2O/c1-11(14)9-10-15-13(16)8-7-12-5-3-2-4-6-12/h2-6,11H,9-10,14H2,1H3,(H,15,16). The molecule has 1 rings (SSSR count). The molecule has 0 fully saturated rings. The van der Waals surface area contributed by atoms with Crippen LogP contribution in [-0.4, -0.2) is 18.5 Å². The van der Waals surface area contributed by atoms with Crippen LogP contribution >= 0.6 is 0 Å². The molecular formula is C13H16N2O. The molecule has 84 valence electrons. The Labute approximate surface area is 96.0 Å². The summed E-state index contributed by atoms with van der Waals surface area (Å²) >= 11 is 0. The van der Waals surface area contributed by atoms with Gasteiger partial charge < -0.3 is 11.1 Å². The Balaban J connectivity index is 2.37. The molecule has 1 amide bonds. The second-order valence-corrected chi connectivity index (χ2v) is 3.64. The highest BCUT2D eigenvalue weighted by molar-refractivity contribution is 5.94. The lowest BCUT2D eigenvalue weighted by atomic mass is 10.2. The van der Waals surface area contributed by atoms with Crippen molar-refractivity contribution >= 4 is 5.91 Å². The molecule has 0 radical (unpaired) electrons. The van der Waals surface area contributed by atoms with Gasteiger partial charge in [-0.05, 0) is 25.5 Å². The van der Waals surface area contributed by atoms with E-state index in [9.17, 15) is 4.79 Å². The fraction of sp³-hybridized carbons (Fsp3) is 0.308. The van der Waals surface area contributed by atoms with Crippen molar-refractivity contribution in [2.75, 3.05) is 6.54 Å². The van der Waals surface area contributed by atoms with Gasteiger partial charge in [-0.1, -0.05) is 24.1 Å². The smallest absolute Gasteiger partial charge is 0.296 e. The highest BCUT2D eigenvalue weighted by atomic mass is 16.1. The maximum absolute atomic E-state index is 11.3. The molecule has 1 atom stereocenters. The summed E-state index contributed by atoms with van der Waals surface area (Å²) in [6.07, 6.45) is 0.763. The predicted molar refractivity (Wildman–Crippen MR) is 64.6 cm³/mol. The molecular weight excluding hydrogens is 200 g/mol. The van der Waals surface area contributed by atoms with E-state index >= 15 is 0 Å². The average Bonchev–Trinajstić information content (AvgIpc) is 2.27. The van der Waals surface area contributed by atoms with Crippen molar-refractivity contribution in [2.24, 2.45) is 5.73 Å². The van der Waals surface area contributed by atoms with Crippen LogP contribution in [0.3, 0.4) is 0 Å². The number of nitrogens with two attached hydrogens (primary N) is 1. The Bertz CT molecular complexity index is 387. The van der Waals surface area contributed by atoms with Gasteiger partial charge in [0.2, 0.25) is 0 Å². The molecule has 0 aliphatic carbocycles. The van der Waals surface area contributed by atoms with Gasteiger partial charge in [-0.15, -0.1) is 0 Å². The van der Waals surface area contributed by atoms with Crippen LogP contribution in [0.2, 0.25) is 0 Å². The number of amides is 1. The molecule has 0 heterocycles. The summed E-state index contributed by atoms with van der Waals surface area (Å²) < 4.78 is 0. The van der Waals surface area contributed by atoms with E-state index in [1.54, 1.807) is 0 Å². The van der Waals surface area contributed by atoms with Crippen molar-refractivity contribution in [2.45, 2.75) is 19.4 Å². The topological polar surface area (TPSA) is 55.1 Å². The Morgan fingerprint density at radius 3 is 2.75 bits per heavy atom. The number of hydrogen-bond acceptors (Lipinski definition) is 2. The average molecular weight is 216 g/mol. The van der Waals surface area contributed by atoms with E-state index in [2.05, 4.69) is 17.2 Å². The van der Waals surface area contributed by atoms with Crippen LogP contribution in [0.5, 0.6) is 0 Å². The number of rotatable bonds is 3. The van der Waals surface area contributed by atoms with Crippen LogP contribution in [0, 0.1) is 11.8 Å². The van der Waals surface area contributed by atoms with Gasteiger partial charge in [0.25, 0.3) is 5.91 Å². The Hall–Kier alpha value is -1.79. The zero-order valence-electron chi connectivity index (χ0n) is 9.36. The number of nitrogens with one attached hydrogen (secondary N) is 1. The van der Waals surface area contributed by atoms with Gasteiger partial charge in [0.15, 0.2) is 0 Å². The molecule has 3 heteroatoms. The van der Waals surface area contributed by atoms with Crippen LogP contribution in [0.15, 0.2) is 30.3 Å². The van der Waals surface area contributed by atoms with Crippen LogP contribution in [0.1, 0.15) is 18.9 Å². The molecule has 0 aliphatic heterocycles. The first-order valence-electron chi connectivity index (χ1n) is 5.29. The fourth-order valence-corrected chi connectivity index (χ4v) is 1.11. The molecule has 0 aromatic heterocycles. The Morgan fingerprint density at radius 2 is 2.12 bits per heavy atom. The minimum absolute atomic E-state index is 0.0994. The van der Waals surface area contributed by atoms with E-state index in [0.717, 1.165) is 12.0 Å². The highest BCUT2D eigenvalue weighted by Crippen LogP contribution is 1.94. The van der Waals surface area contributed by atoms with E-state index < -0.39 is 0 Å². The molecule has 16 heavy (non-hydrogen) atoms. The normalized spacial score (nSPS) is 11.1. The molecule has 0 saturated heterocycles. The third kappa shape index (κ3) is 5.18. The van der Waals surface area contributed by atoms with E-state index in [1.807, 2.05) is 37.3 Å². The van der Waals surface area contributed by atoms with E-state index in [0.29, 0.717) is 6.54 Å². The van der Waals surface area contributed by atoms with Crippen molar-refractivity contribution in [3.63, 3.8) is 0 Å². The maximum Gasteiger partial charge on any atom is 0.296 e. The minimum atomic E-state index is -0.260. The van der Waals surface area contributed by atoms with Crippen LogP contribution in [0.25, 0.3) is 0 Å². The molecule has 1 unspecified atom stereocenters. The first kappa shape index (κ1) is 12.3. The SMILES string of the molecule is CC(N)CCNC(=O)C#Cc1ccccc1. The molecule has 0 bridgehead atoms. The van der Waals surface area contributed by atoms with Crippen LogP contribution in [0.4, 0.5) is 0 Å². The molecule has 3 nitrogen and oxygen atoms in total. The van der Waals surface area contributed by atoms with Crippen molar-refractivity contribution in [3.8, 4) is 11.8 Å². The van der Waals surface area contributed by atoms with E-state index in [1.165, 1.54) is 0 Å². The van der Waals surface area contributed by atoms with Crippen molar-refractivity contribution < 1.29 is 4.79 Å². The number of carbonyl (C=O) groups is 1. The molecule has 1 aromatic carbocycles. The summed E-state index contributed by atoms with van der Waals surface area (Å²) in [6.45, 7) is 2.47. The van der Waals surface area contributed by atoms with Gasteiger partial charge in [0.1, 0.15) is 0 Å². The Kier molecular flexibility index (Phi) is 5.10. The van der Waals surface area contributed by atoms with Gasteiger partial charge in [-0.25, -0.2) is 0 Å². The maximum atomic E-state index is 11.3. The first-order valence-corrected chi connectivity index (χ1v) is 5.29. The van der Waals surface area contributed by atoms with Gasteiger partial charge in [0.05, 0.1) is 0 Å². The lowest BCUT2D eigenvalue weighted by Crippen LogP contribution is -2.27. The number of hydrogen-bond donors (Lipinski definition) is 2. The summed E-state index contributed by atoms with van der Waals surface area (Å²) in [7, 11) is 0. The summed E-state index contributed by atoms with van der Waals surface area (Å²) in [4.78, 5) is 11.3. The van der Waals surface area contributed by atoms with Crippen LogP contribution in [-0.2, 0) is 4.79 Å². The highest BCUT2D eigenvalue weighted by Gasteiger charge is 1.96. The van der Waals surface area contributed by atoms with Gasteiger partial charge >= 0.3 is 0 Å². The summed E-state index contributed by atoms with van der Waals surface area (Å²) in [6, 6.07) is 9.51. The zero-order valence-corrected chi connectivity index (χ0v) is 9.36. The fourth-order valence-electron chi connectivity index (χ4n) is 1.11. The predicted octanol–water partition coefficient (Wildman–Crippen LogP) is 0.892. The molecule has 0 aliphatic rings. The number of carbonyl (C=O) groups excluding carboxylic acids is 1. The zero-order chi connectivity index (χ0) is 11.8. The molecule has 1 aromatic rings. The third-order valence-electron chi connectivity index (χ3n) is 1.98. The summed E-state index contributed by atoms with van der Waals surface area (Å²) in [5, 5.41) is 2.69. The van der Waals surface area contributed by atoms with Crippen molar-refractivity contribution in [1.82, 2.24) is 5.32 Å². The van der Waals surface area contributed by atoms with Gasteiger partial charge in [0, 0.05) is 24.1 Å². The van der Waals surface area contributed by atoms with E-state index in [-0.39, 0.29) is 11.9 Å². The first-order chi connectivity index (χ1) is 7.68. The molecule has 0 spiro atoms. The van der Waals surface area contributed by atoms with Crippen molar-refractivity contribution in [3.05, 3.63) is 35.9 Å². The quantitative estimate of drug-likeness (QED) is 0.737.